The molecule has 4 nitrogen and oxygen atoms in total. The zero-order valence-corrected chi connectivity index (χ0v) is 11.2. The molecule has 0 aromatic heterocycles. The molecule has 0 aliphatic carbocycles. The number of hydrogen-bond acceptors (Lipinski definition) is 4. The Balaban J connectivity index is 2.59. The summed E-state index contributed by atoms with van der Waals surface area (Å²) in [5.74, 6) is 0.614. The second-order valence-electron chi connectivity index (χ2n) is 4.06. The van der Waals surface area contributed by atoms with Crippen LogP contribution in [0.25, 0.3) is 0 Å². The zero-order chi connectivity index (χ0) is 13.4. The lowest BCUT2D eigenvalue weighted by Crippen LogP contribution is -2.36. The highest BCUT2D eigenvalue weighted by Crippen LogP contribution is 2.14. The first-order valence-corrected chi connectivity index (χ1v) is 6.18. The molecule has 4 heteroatoms. The Kier molecular flexibility index (Phi) is 6.22. The molecule has 0 aliphatic rings. The summed E-state index contributed by atoms with van der Waals surface area (Å²) in [7, 11) is 3.15. The van der Waals surface area contributed by atoms with Crippen LogP contribution >= 0.6 is 0 Å². The molecular formula is C14H21NO3. The van der Waals surface area contributed by atoms with Gasteiger partial charge in [0.15, 0.2) is 0 Å². The molecule has 0 amide bonds. The second kappa shape index (κ2) is 7.71. The number of ether oxygens (including phenoxy) is 2. The molecule has 0 radical (unpaired) electrons. The summed E-state index contributed by atoms with van der Waals surface area (Å²) < 4.78 is 10.2. The smallest absolute Gasteiger partial charge is 0.323 e. The van der Waals surface area contributed by atoms with Crippen LogP contribution in [0, 0.1) is 0 Å². The van der Waals surface area contributed by atoms with E-state index in [0.29, 0.717) is 6.42 Å². The minimum absolute atomic E-state index is 0.246. The monoisotopic (exact) mass is 251 g/mol. The molecule has 0 bridgehead atoms. The van der Waals surface area contributed by atoms with Gasteiger partial charge in [-0.15, -0.1) is 0 Å². The average Bonchev–Trinajstić information content (AvgIpc) is 2.43. The summed E-state index contributed by atoms with van der Waals surface area (Å²) in [5.41, 5.74) is 1.07. The van der Waals surface area contributed by atoms with Crippen molar-refractivity contribution in [2.45, 2.75) is 25.8 Å². The van der Waals surface area contributed by atoms with Gasteiger partial charge in [0.1, 0.15) is 11.8 Å². The number of carbonyl (C=O) groups excluding carboxylic acids is 1. The van der Waals surface area contributed by atoms with E-state index in [2.05, 4.69) is 12.2 Å². The van der Waals surface area contributed by atoms with Crippen molar-refractivity contribution in [1.82, 2.24) is 5.32 Å². The van der Waals surface area contributed by atoms with Crippen LogP contribution < -0.4 is 10.1 Å². The van der Waals surface area contributed by atoms with Crippen molar-refractivity contribution in [3.05, 3.63) is 29.8 Å². The Bertz CT molecular complexity index is 362. The molecule has 0 saturated heterocycles. The van der Waals surface area contributed by atoms with Gasteiger partial charge < -0.3 is 14.8 Å². The molecule has 0 spiro atoms. The summed E-state index contributed by atoms with van der Waals surface area (Å²) in [6.07, 6.45) is 1.60. The fourth-order valence-corrected chi connectivity index (χ4v) is 1.62. The summed E-state index contributed by atoms with van der Waals surface area (Å²) in [5, 5.41) is 2.94. The van der Waals surface area contributed by atoms with Gasteiger partial charge >= 0.3 is 5.97 Å². The van der Waals surface area contributed by atoms with Gasteiger partial charge in [-0.05, 0) is 37.6 Å². The minimum Gasteiger partial charge on any atom is -0.494 e. The quantitative estimate of drug-likeness (QED) is 0.750. The number of rotatable bonds is 7. The summed E-state index contributed by atoms with van der Waals surface area (Å²) in [4.78, 5) is 11.4. The van der Waals surface area contributed by atoms with Gasteiger partial charge in [0, 0.05) is 0 Å². The fraction of sp³-hybridized carbons (Fsp3) is 0.500. The second-order valence-corrected chi connectivity index (χ2v) is 4.06. The SMILES string of the molecule is CCCOc1ccc(CC(NC)C(=O)OC)cc1. The van der Waals surface area contributed by atoms with Crippen molar-refractivity contribution < 1.29 is 14.3 Å². The van der Waals surface area contributed by atoms with E-state index in [4.69, 9.17) is 9.47 Å². The van der Waals surface area contributed by atoms with Crippen LogP contribution in [-0.4, -0.2) is 32.8 Å². The molecule has 1 aromatic rings. The Morgan fingerprint density at radius 3 is 2.50 bits per heavy atom. The van der Waals surface area contributed by atoms with Gasteiger partial charge in [-0.25, -0.2) is 0 Å². The molecule has 100 valence electrons. The number of benzene rings is 1. The van der Waals surface area contributed by atoms with Crippen LogP contribution in [0.1, 0.15) is 18.9 Å². The van der Waals surface area contributed by atoms with Crippen molar-refractivity contribution >= 4 is 5.97 Å². The molecule has 0 saturated carbocycles. The highest BCUT2D eigenvalue weighted by Gasteiger charge is 2.16. The molecule has 0 aliphatic heterocycles. The third-order valence-electron chi connectivity index (χ3n) is 2.67. The van der Waals surface area contributed by atoms with Crippen LogP contribution in [0.5, 0.6) is 5.75 Å². The molecule has 1 N–H and O–H groups in total. The minimum atomic E-state index is -0.308. The first-order valence-electron chi connectivity index (χ1n) is 6.18. The van der Waals surface area contributed by atoms with E-state index in [0.717, 1.165) is 24.3 Å². The lowest BCUT2D eigenvalue weighted by atomic mass is 10.1. The number of hydrogen-bond donors (Lipinski definition) is 1. The maximum absolute atomic E-state index is 11.4. The Morgan fingerprint density at radius 1 is 1.33 bits per heavy atom. The van der Waals surface area contributed by atoms with Crippen LogP contribution in [0.2, 0.25) is 0 Å². The Hall–Kier alpha value is -1.55. The van der Waals surface area contributed by atoms with Gasteiger partial charge in [0.25, 0.3) is 0 Å². The predicted molar refractivity (Wildman–Crippen MR) is 70.8 cm³/mol. The van der Waals surface area contributed by atoms with Gasteiger partial charge in [-0.1, -0.05) is 19.1 Å². The number of likely N-dealkylation sites (N-methyl/N-ethyl adjacent to an activating group) is 1. The highest BCUT2D eigenvalue weighted by atomic mass is 16.5. The van der Waals surface area contributed by atoms with Gasteiger partial charge in [0.2, 0.25) is 0 Å². The van der Waals surface area contributed by atoms with E-state index in [9.17, 15) is 4.79 Å². The van der Waals surface area contributed by atoms with Gasteiger partial charge in [0.05, 0.1) is 13.7 Å². The zero-order valence-electron chi connectivity index (χ0n) is 11.2. The first-order chi connectivity index (χ1) is 8.71. The summed E-state index contributed by atoms with van der Waals surface area (Å²) >= 11 is 0. The lowest BCUT2D eigenvalue weighted by Gasteiger charge is -2.13. The molecule has 1 atom stereocenters. The lowest BCUT2D eigenvalue weighted by molar-refractivity contribution is -0.142. The first kappa shape index (κ1) is 14.5. The molecule has 0 heterocycles. The maximum Gasteiger partial charge on any atom is 0.323 e. The Labute approximate surface area is 108 Å². The van der Waals surface area contributed by atoms with Crippen molar-refractivity contribution in [2.24, 2.45) is 0 Å². The van der Waals surface area contributed by atoms with Crippen LogP contribution in [0.15, 0.2) is 24.3 Å². The topological polar surface area (TPSA) is 47.6 Å². The van der Waals surface area contributed by atoms with Crippen molar-refractivity contribution in [2.75, 3.05) is 20.8 Å². The molecule has 1 aromatic carbocycles. The number of methoxy groups -OCH3 is 1. The standard InChI is InChI=1S/C14H21NO3/c1-4-9-18-12-7-5-11(6-8-12)10-13(15-2)14(16)17-3/h5-8,13,15H,4,9-10H2,1-3H3. The van der Waals surface area contributed by atoms with E-state index >= 15 is 0 Å². The van der Waals surface area contributed by atoms with Crippen LogP contribution in [0.3, 0.4) is 0 Å². The Morgan fingerprint density at radius 2 is 2.00 bits per heavy atom. The molecule has 1 unspecified atom stereocenters. The molecule has 18 heavy (non-hydrogen) atoms. The van der Waals surface area contributed by atoms with E-state index in [1.54, 1.807) is 7.05 Å². The summed E-state index contributed by atoms with van der Waals surface area (Å²) in [6, 6.07) is 7.48. The average molecular weight is 251 g/mol. The van der Waals surface area contributed by atoms with E-state index in [1.807, 2.05) is 24.3 Å². The number of nitrogens with one attached hydrogen (secondary N) is 1. The maximum atomic E-state index is 11.4. The highest BCUT2D eigenvalue weighted by molar-refractivity contribution is 5.76. The van der Waals surface area contributed by atoms with Crippen molar-refractivity contribution in [1.29, 1.82) is 0 Å². The number of carbonyl (C=O) groups is 1. The van der Waals surface area contributed by atoms with E-state index < -0.39 is 0 Å². The molecular weight excluding hydrogens is 230 g/mol. The fourth-order valence-electron chi connectivity index (χ4n) is 1.62. The summed E-state index contributed by atoms with van der Waals surface area (Å²) in [6.45, 7) is 2.79. The van der Waals surface area contributed by atoms with E-state index in [1.165, 1.54) is 7.11 Å². The van der Waals surface area contributed by atoms with Gasteiger partial charge in [-0.3, -0.25) is 4.79 Å². The van der Waals surface area contributed by atoms with Crippen molar-refractivity contribution in [3.8, 4) is 5.75 Å². The molecule has 0 fully saturated rings. The van der Waals surface area contributed by atoms with Crippen molar-refractivity contribution in [3.63, 3.8) is 0 Å². The molecule has 1 rings (SSSR count). The predicted octanol–water partition coefficient (Wildman–Crippen LogP) is 1.78. The van der Waals surface area contributed by atoms with Crippen LogP contribution in [0.4, 0.5) is 0 Å². The third-order valence-corrected chi connectivity index (χ3v) is 2.67. The van der Waals surface area contributed by atoms with Crippen LogP contribution in [-0.2, 0) is 16.0 Å². The third kappa shape index (κ3) is 4.37. The largest absolute Gasteiger partial charge is 0.494 e. The number of esters is 1. The normalized spacial score (nSPS) is 11.9. The van der Waals surface area contributed by atoms with Gasteiger partial charge in [-0.2, -0.15) is 0 Å². The van der Waals surface area contributed by atoms with E-state index in [-0.39, 0.29) is 12.0 Å².